The van der Waals surface area contributed by atoms with Crippen molar-refractivity contribution < 1.29 is 14.5 Å². The first-order chi connectivity index (χ1) is 10.3. The van der Waals surface area contributed by atoms with Gasteiger partial charge in [-0.1, -0.05) is 0 Å². The van der Waals surface area contributed by atoms with Crippen molar-refractivity contribution in [2.75, 3.05) is 18.9 Å². The minimum absolute atomic E-state index is 0.0782. The number of likely N-dealkylation sites (N-methyl/N-ethyl adjacent to an activating group) is 1. The van der Waals surface area contributed by atoms with Gasteiger partial charge in [-0.2, -0.15) is 5.26 Å². The number of amides is 2. The van der Waals surface area contributed by atoms with Crippen LogP contribution in [-0.2, 0) is 9.59 Å². The van der Waals surface area contributed by atoms with E-state index >= 15 is 0 Å². The molecule has 6 nitrogen and oxygen atoms in total. The monoisotopic (exact) mass is 303 g/mol. The molecular weight excluding hydrogens is 280 g/mol. The van der Waals surface area contributed by atoms with Crippen molar-refractivity contribution in [3.8, 4) is 6.07 Å². The van der Waals surface area contributed by atoms with Crippen LogP contribution in [0.2, 0.25) is 0 Å². The number of quaternary nitrogens is 1. The average Bonchev–Trinajstić information content (AvgIpc) is 2.46. The van der Waals surface area contributed by atoms with E-state index in [1.807, 2.05) is 27.0 Å². The van der Waals surface area contributed by atoms with Gasteiger partial charge in [0.15, 0.2) is 12.6 Å². The van der Waals surface area contributed by atoms with Gasteiger partial charge in [-0.05, 0) is 45.0 Å². The molecule has 2 amide bonds. The van der Waals surface area contributed by atoms with Crippen LogP contribution in [-0.4, -0.2) is 37.5 Å². The predicted molar refractivity (Wildman–Crippen MR) is 84.3 cm³/mol. The minimum Gasteiger partial charge on any atom is -0.349 e. The average molecular weight is 303 g/mol. The summed E-state index contributed by atoms with van der Waals surface area (Å²) >= 11 is 0. The molecule has 3 N–H and O–H groups in total. The van der Waals surface area contributed by atoms with Crippen LogP contribution in [0.3, 0.4) is 0 Å². The smallest absolute Gasteiger partial charge is 0.282 e. The molecular formula is C16H23N4O2+. The maximum Gasteiger partial charge on any atom is 0.282 e. The van der Waals surface area contributed by atoms with Crippen LogP contribution < -0.4 is 15.5 Å². The highest BCUT2D eigenvalue weighted by molar-refractivity contribution is 5.93. The molecule has 0 fully saturated rings. The van der Waals surface area contributed by atoms with Gasteiger partial charge in [-0.3, -0.25) is 9.59 Å². The van der Waals surface area contributed by atoms with E-state index in [0.29, 0.717) is 11.3 Å². The zero-order chi connectivity index (χ0) is 16.7. The molecule has 0 bridgehead atoms. The lowest BCUT2D eigenvalue weighted by Gasteiger charge is -2.21. The summed E-state index contributed by atoms with van der Waals surface area (Å²) in [4.78, 5) is 24.7. The fourth-order valence-corrected chi connectivity index (χ4v) is 1.88. The lowest BCUT2D eigenvalue weighted by Crippen LogP contribution is -3.15. The zero-order valence-corrected chi connectivity index (χ0v) is 13.4. The molecule has 0 aliphatic heterocycles. The van der Waals surface area contributed by atoms with Crippen LogP contribution in [0.4, 0.5) is 5.69 Å². The largest absolute Gasteiger partial charge is 0.349 e. The van der Waals surface area contributed by atoms with Crippen LogP contribution in [0.1, 0.15) is 26.3 Å². The van der Waals surface area contributed by atoms with Crippen molar-refractivity contribution in [2.24, 2.45) is 0 Å². The van der Waals surface area contributed by atoms with Gasteiger partial charge in [0.2, 0.25) is 0 Å². The Kier molecular flexibility index (Phi) is 6.54. The second kappa shape index (κ2) is 8.15. The molecule has 118 valence electrons. The van der Waals surface area contributed by atoms with Crippen LogP contribution >= 0.6 is 0 Å². The maximum atomic E-state index is 12.2. The standard InChI is InChI=1S/C16H22N4O2/c1-11(2)18-15(21)10-20(4)12(3)16(22)19-14-7-5-13(9-17)6-8-14/h5-8,11-12H,10H2,1-4H3,(H,18,21)(H,19,22)/p+1/t12-/m1/s1. The molecule has 1 aromatic carbocycles. The number of benzene rings is 1. The molecule has 0 aliphatic carbocycles. The van der Waals surface area contributed by atoms with E-state index in [2.05, 4.69) is 10.6 Å². The van der Waals surface area contributed by atoms with Crippen molar-refractivity contribution in [1.29, 1.82) is 5.26 Å². The van der Waals surface area contributed by atoms with Gasteiger partial charge in [0.25, 0.3) is 11.8 Å². The summed E-state index contributed by atoms with van der Waals surface area (Å²) in [6.45, 7) is 5.81. The molecule has 1 rings (SSSR count). The first kappa shape index (κ1) is 17.7. The van der Waals surface area contributed by atoms with E-state index in [1.54, 1.807) is 31.2 Å². The summed E-state index contributed by atoms with van der Waals surface area (Å²) < 4.78 is 0. The van der Waals surface area contributed by atoms with Gasteiger partial charge in [0.1, 0.15) is 0 Å². The summed E-state index contributed by atoms with van der Waals surface area (Å²) in [5.74, 6) is -0.245. The second-order valence-electron chi connectivity index (χ2n) is 5.65. The van der Waals surface area contributed by atoms with Gasteiger partial charge in [0, 0.05) is 11.7 Å². The molecule has 0 radical (unpaired) electrons. The fourth-order valence-electron chi connectivity index (χ4n) is 1.88. The second-order valence-corrected chi connectivity index (χ2v) is 5.65. The van der Waals surface area contributed by atoms with Crippen molar-refractivity contribution in [3.63, 3.8) is 0 Å². The van der Waals surface area contributed by atoms with E-state index < -0.39 is 0 Å². The highest BCUT2D eigenvalue weighted by Gasteiger charge is 2.24. The maximum absolute atomic E-state index is 12.2. The molecule has 1 aromatic rings. The third kappa shape index (κ3) is 5.54. The number of nitriles is 1. The Morgan fingerprint density at radius 3 is 2.32 bits per heavy atom. The van der Waals surface area contributed by atoms with Gasteiger partial charge in [-0.25, -0.2) is 0 Å². The van der Waals surface area contributed by atoms with Crippen LogP contribution in [0, 0.1) is 11.3 Å². The van der Waals surface area contributed by atoms with Crippen molar-refractivity contribution in [3.05, 3.63) is 29.8 Å². The van der Waals surface area contributed by atoms with E-state index in [0.717, 1.165) is 4.90 Å². The van der Waals surface area contributed by atoms with Crippen LogP contribution in [0.5, 0.6) is 0 Å². The Morgan fingerprint density at radius 1 is 1.23 bits per heavy atom. The normalized spacial score (nSPS) is 13.1. The van der Waals surface area contributed by atoms with Gasteiger partial charge in [-0.15, -0.1) is 0 Å². The summed E-state index contributed by atoms with van der Waals surface area (Å²) in [6, 6.07) is 8.40. The van der Waals surface area contributed by atoms with Gasteiger partial charge >= 0.3 is 0 Å². The molecule has 0 saturated carbocycles. The highest BCUT2D eigenvalue weighted by atomic mass is 16.2. The van der Waals surface area contributed by atoms with E-state index in [1.165, 1.54) is 0 Å². The number of anilines is 1. The SMILES string of the molecule is CC(C)NC(=O)C[NH+](C)[C@H](C)C(=O)Nc1ccc(C#N)cc1. The summed E-state index contributed by atoms with van der Waals surface area (Å²) in [6.07, 6.45) is 0. The molecule has 0 aliphatic rings. The van der Waals surface area contributed by atoms with Crippen molar-refractivity contribution in [1.82, 2.24) is 5.32 Å². The number of nitrogens with zero attached hydrogens (tertiary/aromatic N) is 1. The van der Waals surface area contributed by atoms with Crippen molar-refractivity contribution >= 4 is 17.5 Å². The molecule has 0 saturated heterocycles. The zero-order valence-electron chi connectivity index (χ0n) is 13.4. The first-order valence-electron chi connectivity index (χ1n) is 7.26. The van der Waals surface area contributed by atoms with E-state index in [4.69, 9.17) is 5.26 Å². The van der Waals surface area contributed by atoms with Crippen molar-refractivity contribution in [2.45, 2.75) is 32.9 Å². The molecule has 22 heavy (non-hydrogen) atoms. The Hall–Kier alpha value is -2.39. The third-order valence-corrected chi connectivity index (χ3v) is 3.30. The molecule has 1 unspecified atom stereocenters. The first-order valence-corrected chi connectivity index (χ1v) is 7.26. The molecule has 0 aromatic heterocycles. The highest BCUT2D eigenvalue weighted by Crippen LogP contribution is 2.08. The predicted octanol–water partition coefficient (Wildman–Crippen LogP) is -0.0754. The Bertz CT molecular complexity index is 561. The quantitative estimate of drug-likeness (QED) is 0.687. The lowest BCUT2D eigenvalue weighted by molar-refractivity contribution is -0.885. The number of hydrogen-bond acceptors (Lipinski definition) is 3. The van der Waals surface area contributed by atoms with E-state index in [9.17, 15) is 9.59 Å². The summed E-state index contributed by atoms with van der Waals surface area (Å²) in [7, 11) is 1.81. The van der Waals surface area contributed by atoms with Crippen LogP contribution in [0.15, 0.2) is 24.3 Å². The topological polar surface area (TPSA) is 86.4 Å². The Morgan fingerprint density at radius 2 is 1.82 bits per heavy atom. The summed E-state index contributed by atoms with van der Waals surface area (Å²) in [5.41, 5.74) is 1.18. The molecule has 0 spiro atoms. The van der Waals surface area contributed by atoms with E-state index in [-0.39, 0.29) is 30.4 Å². The number of hydrogen-bond donors (Lipinski definition) is 3. The number of nitrogens with one attached hydrogen (secondary N) is 3. The fraction of sp³-hybridized carbons (Fsp3) is 0.438. The van der Waals surface area contributed by atoms with Crippen LogP contribution in [0.25, 0.3) is 0 Å². The Balaban J connectivity index is 2.56. The third-order valence-electron chi connectivity index (χ3n) is 3.30. The summed E-state index contributed by atoms with van der Waals surface area (Å²) in [5, 5.41) is 14.3. The molecule has 6 heteroatoms. The number of carbonyl (C=O) groups excluding carboxylic acids is 2. The number of rotatable bonds is 6. The van der Waals surface area contributed by atoms with Gasteiger partial charge in [0.05, 0.1) is 18.7 Å². The Labute approximate surface area is 131 Å². The lowest BCUT2D eigenvalue weighted by atomic mass is 10.2. The molecule has 0 heterocycles. The molecule has 2 atom stereocenters. The number of carbonyl (C=O) groups is 2. The van der Waals surface area contributed by atoms with Gasteiger partial charge < -0.3 is 15.5 Å². The minimum atomic E-state index is -0.367.